The van der Waals surface area contributed by atoms with Crippen LogP contribution in [-0.2, 0) is 20.7 Å². The number of pyridine rings is 1. The molecule has 6 nitrogen and oxygen atoms in total. The number of hydrogen-bond donors (Lipinski definition) is 2. The number of nitrogens with two attached hydrogens (primary N) is 1. The SMILES string of the molecule is CO[C@@H](C(=O)N[C@H](Cc1ccc(Cl)nc1)C(N)=O)c1ccccc1. The number of methoxy groups -OCH3 is 1. The van der Waals surface area contributed by atoms with Crippen LogP contribution < -0.4 is 11.1 Å². The molecule has 126 valence electrons. The van der Waals surface area contributed by atoms with Crippen LogP contribution in [0.25, 0.3) is 0 Å². The van der Waals surface area contributed by atoms with Crippen LogP contribution in [-0.4, -0.2) is 29.9 Å². The van der Waals surface area contributed by atoms with Crippen LogP contribution in [0.3, 0.4) is 0 Å². The highest BCUT2D eigenvalue weighted by Crippen LogP contribution is 2.17. The van der Waals surface area contributed by atoms with Gasteiger partial charge in [0.2, 0.25) is 5.91 Å². The van der Waals surface area contributed by atoms with Crippen molar-refractivity contribution in [3.05, 3.63) is 64.9 Å². The second-order valence-corrected chi connectivity index (χ2v) is 5.57. The van der Waals surface area contributed by atoms with Crippen LogP contribution >= 0.6 is 11.6 Å². The third-order valence-corrected chi connectivity index (χ3v) is 3.69. The first-order valence-corrected chi connectivity index (χ1v) is 7.67. The van der Waals surface area contributed by atoms with Crippen molar-refractivity contribution < 1.29 is 14.3 Å². The molecule has 2 amide bonds. The van der Waals surface area contributed by atoms with Gasteiger partial charge in [0.1, 0.15) is 11.2 Å². The van der Waals surface area contributed by atoms with Gasteiger partial charge >= 0.3 is 0 Å². The molecule has 1 heterocycles. The van der Waals surface area contributed by atoms with Gasteiger partial charge in [-0.3, -0.25) is 9.59 Å². The molecule has 0 aliphatic heterocycles. The fourth-order valence-electron chi connectivity index (χ4n) is 2.26. The molecule has 0 saturated carbocycles. The van der Waals surface area contributed by atoms with E-state index in [0.29, 0.717) is 10.7 Å². The molecule has 0 spiro atoms. The summed E-state index contributed by atoms with van der Waals surface area (Å²) >= 11 is 5.73. The highest BCUT2D eigenvalue weighted by molar-refractivity contribution is 6.29. The third-order valence-electron chi connectivity index (χ3n) is 3.46. The van der Waals surface area contributed by atoms with Crippen LogP contribution in [0.2, 0.25) is 5.15 Å². The quantitative estimate of drug-likeness (QED) is 0.744. The lowest BCUT2D eigenvalue weighted by atomic mass is 10.1. The van der Waals surface area contributed by atoms with Crippen LogP contribution in [0, 0.1) is 0 Å². The fraction of sp³-hybridized carbons (Fsp3) is 0.235. The van der Waals surface area contributed by atoms with Gasteiger partial charge in [-0.2, -0.15) is 0 Å². The van der Waals surface area contributed by atoms with E-state index in [1.54, 1.807) is 36.4 Å². The third kappa shape index (κ3) is 4.78. The number of benzene rings is 1. The predicted molar refractivity (Wildman–Crippen MR) is 90.3 cm³/mol. The molecule has 0 fully saturated rings. The van der Waals surface area contributed by atoms with E-state index in [1.165, 1.54) is 13.3 Å². The molecule has 3 N–H and O–H groups in total. The minimum absolute atomic E-state index is 0.219. The van der Waals surface area contributed by atoms with Crippen molar-refractivity contribution in [1.29, 1.82) is 0 Å². The highest BCUT2D eigenvalue weighted by Gasteiger charge is 2.25. The normalized spacial score (nSPS) is 13.1. The van der Waals surface area contributed by atoms with Crippen LogP contribution in [0.4, 0.5) is 0 Å². The first-order valence-electron chi connectivity index (χ1n) is 7.29. The monoisotopic (exact) mass is 347 g/mol. The van der Waals surface area contributed by atoms with Gasteiger partial charge in [-0.1, -0.05) is 48.0 Å². The number of aromatic nitrogens is 1. The molecular weight excluding hydrogens is 330 g/mol. The van der Waals surface area contributed by atoms with E-state index >= 15 is 0 Å². The Balaban J connectivity index is 2.10. The number of nitrogens with zero attached hydrogens (tertiary/aromatic N) is 1. The molecule has 0 radical (unpaired) electrons. The van der Waals surface area contributed by atoms with Gasteiger partial charge < -0.3 is 15.8 Å². The molecule has 1 aromatic heterocycles. The summed E-state index contributed by atoms with van der Waals surface area (Å²) in [5, 5.41) is 2.98. The van der Waals surface area contributed by atoms with Gasteiger partial charge in [-0.25, -0.2) is 4.98 Å². The Morgan fingerprint density at radius 1 is 1.25 bits per heavy atom. The molecule has 0 unspecified atom stereocenters. The first-order chi connectivity index (χ1) is 11.5. The van der Waals surface area contributed by atoms with Crippen LogP contribution in [0.15, 0.2) is 48.7 Å². The molecular formula is C17H18ClN3O3. The number of rotatable bonds is 7. The Labute approximate surface area is 145 Å². The lowest BCUT2D eigenvalue weighted by molar-refractivity contribution is -0.134. The van der Waals surface area contributed by atoms with E-state index in [-0.39, 0.29) is 6.42 Å². The van der Waals surface area contributed by atoms with E-state index in [4.69, 9.17) is 22.1 Å². The fourth-order valence-corrected chi connectivity index (χ4v) is 2.37. The van der Waals surface area contributed by atoms with Crippen molar-refractivity contribution in [1.82, 2.24) is 10.3 Å². The standard InChI is InChI=1S/C17H18ClN3O3/c1-24-15(12-5-3-2-4-6-12)17(23)21-13(16(19)22)9-11-7-8-14(18)20-10-11/h2-8,10,13,15H,9H2,1H3,(H2,19,22)(H,21,23)/t13-,15-/m1/s1. The Kier molecular flexibility index (Phi) is 6.28. The number of ether oxygens (including phenoxy) is 1. The number of nitrogens with one attached hydrogen (secondary N) is 1. The van der Waals surface area contributed by atoms with Crippen molar-refractivity contribution in [2.45, 2.75) is 18.6 Å². The van der Waals surface area contributed by atoms with Crippen LogP contribution in [0.1, 0.15) is 17.2 Å². The highest BCUT2D eigenvalue weighted by atomic mass is 35.5. The summed E-state index contributed by atoms with van der Waals surface area (Å²) in [5.41, 5.74) is 6.82. The molecule has 0 aliphatic rings. The van der Waals surface area contributed by atoms with E-state index in [1.807, 2.05) is 6.07 Å². The maximum Gasteiger partial charge on any atom is 0.254 e. The topological polar surface area (TPSA) is 94.3 Å². The van der Waals surface area contributed by atoms with E-state index in [0.717, 1.165) is 5.56 Å². The van der Waals surface area contributed by atoms with Gasteiger partial charge in [0, 0.05) is 19.7 Å². The van der Waals surface area contributed by atoms with E-state index in [9.17, 15) is 9.59 Å². The van der Waals surface area contributed by atoms with E-state index in [2.05, 4.69) is 10.3 Å². The maximum absolute atomic E-state index is 12.5. The van der Waals surface area contributed by atoms with Crippen molar-refractivity contribution in [3.63, 3.8) is 0 Å². The summed E-state index contributed by atoms with van der Waals surface area (Å²) in [6.45, 7) is 0. The van der Waals surface area contributed by atoms with Gasteiger partial charge in [0.25, 0.3) is 5.91 Å². The smallest absolute Gasteiger partial charge is 0.254 e. The lowest BCUT2D eigenvalue weighted by Crippen LogP contribution is -2.47. The van der Waals surface area contributed by atoms with Crippen molar-refractivity contribution in [2.24, 2.45) is 5.73 Å². The summed E-state index contributed by atoms with van der Waals surface area (Å²) in [4.78, 5) is 28.1. The Bertz CT molecular complexity index is 692. The maximum atomic E-state index is 12.5. The Hall–Kier alpha value is -2.44. The zero-order valence-corrected chi connectivity index (χ0v) is 13.9. The Morgan fingerprint density at radius 3 is 2.50 bits per heavy atom. The molecule has 1 aromatic carbocycles. The molecule has 24 heavy (non-hydrogen) atoms. The van der Waals surface area contributed by atoms with Crippen molar-refractivity contribution >= 4 is 23.4 Å². The number of amides is 2. The summed E-state index contributed by atoms with van der Waals surface area (Å²) < 4.78 is 5.25. The van der Waals surface area contributed by atoms with Crippen LogP contribution in [0.5, 0.6) is 0 Å². The summed E-state index contributed by atoms with van der Waals surface area (Å²) in [6, 6.07) is 11.5. The average Bonchev–Trinajstić information content (AvgIpc) is 2.57. The second-order valence-electron chi connectivity index (χ2n) is 5.18. The number of halogens is 1. The van der Waals surface area contributed by atoms with Crippen molar-refractivity contribution in [2.75, 3.05) is 7.11 Å². The minimum Gasteiger partial charge on any atom is -0.368 e. The van der Waals surface area contributed by atoms with Crippen molar-refractivity contribution in [3.8, 4) is 0 Å². The first kappa shape index (κ1) is 17.9. The van der Waals surface area contributed by atoms with Gasteiger partial charge in [-0.15, -0.1) is 0 Å². The molecule has 7 heteroatoms. The Morgan fingerprint density at radius 2 is 1.96 bits per heavy atom. The van der Waals surface area contributed by atoms with Gasteiger partial charge in [0.15, 0.2) is 6.10 Å². The zero-order valence-electron chi connectivity index (χ0n) is 13.1. The lowest BCUT2D eigenvalue weighted by Gasteiger charge is -2.20. The summed E-state index contributed by atoms with van der Waals surface area (Å²) in [6.07, 6.45) is 0.933. The molecule has 2 aromatic rings. The number of primary amides is 1. The van der Waals surface area contributed by atoms with Gasteiger partial charge in [0.05, 0.1) is 0 Å². The summed E-state index contributed by atoms with van der Waals surface area (Å²) in [5.74, 6) is -1.07. The average molecular weight is 348 g/mol. The zero-order chi connectivity index (χ0) is 17.5. The number of carbonyl (C=O) groups is 2. The summed E-state index contributed by atoms with van der Waals surface area (Å²) in [7, 11) is 1.43. The van der Waals surface area contributed by atoms with Gasteiger partial charge in [-0.05, 0) is 17.2 Å². The molecule has 0 aliphatic carbocycles. The minimum atomic E-state index is -0.873. The molecule has 2 rings (SSSR count). The predicted octanol–water partition coefficient (Wildman–Crippen LogP) is 1.64. The molecule has 0 saturated heterocycles. The number of carbonyl (C=O) groups excluding carboxylic acids is 2. The van der Waals surface area contributed by atoms with E-state index < -0.39 is 24.0 Å². The molecule has 0 bridgehead atoms. The largest absolute Gasteiger partial charge is 0.368 e. The molecule has 2 atom stereocenters. The number of hydrogen-bond acceptors (Lipinski definition) is 4. The second kappa shape index (κ2) is 8.42.